The van der Waals surface area contributed by atoms with Crippen LogP contribution in [-0.2, 0) is 30.3 Å². The van der Waals surface area contributed by atoms with Crippen molar-refractivity contribution in [2.24, 2.45) is 5.73 Å². The van der Waals surface area contributed by atoms with E-state index in [1.165, 1.54) is 6.92 Å². The number of nitrogens with two attached hydrogens (primary N) is 1. The maximum absolute atomic E-state index is 12.7. The zero-order valence-electron chi connectivity index (χ0n) is 19.9. The third-order valence-electron chi connectivity index (χ3n) is 4.98. The minimum absolute atomic E-state index is 0.147. The predicted molar refractivity (Wildman–Crippen MR) is 122 cm³/mol. The number of hydrogen-bond donors (Lipinski definition) is 1. The molecule has 0 saturated heterocycles. The van der Waals surface area contributed by atoms with Gasteiger partial charge in [0.15, 0.2) is 17.6 Å². The minimum atomic E-state index is -2.02. The molecule has 34 heavy (non-hydrogen) atoms. The molecule has 0 fully saturated rings. The third-order valence-corrected chi connectivity index (χ3v) is 4.98. The van der Waals surface area contributed by atoms with Crippen molar-refractivity contribution in [3.63, 3.8) is 0 Å². The summed E-state index contributed by atoms with van der Waals surface area (Å²) >= 11 is 0. The monoisotopic (exact) mass is 471 g/mol. The maximum Gasteiger partial charge on any atom is 0.338 e. The molecule has 0 saturated carbocycles. The molecule has 0 radical (unpaired) electrons. The van der Waals surface area contributed by atoms with Crippen LogP contribution in [0.5, 0.6) is 17.2 Å². The van der Waals surface area contributed by atoms with Crippen LogP contribution in [0, 0.1) is 0 Å². The quantitative estimate of drug-likeness (QED) is 0.385. The topological polar surface area (TPSA) is 123 Å². The molecule has 0 aromatic heterocycles. The van der Waals surface area contributed by atoms with E-state index in [1.54, 1.807) is 63.2 Å². The average Bonchev–Trinajstić information content (AvgIpc) is 2.77. The number of carbonyl (C=O) groups excluding carboxylic acids is 3. The second kappa shape index (κ2) is 9.72. The number of carbonyl (C=O) groups is 3. The van der Waals surface area contributed by atoms with Gasteiger partial charge in [0, 0.05) is 13.3 Å². The number of esters is 3. The number of ether oxygens (including phenoxy) is 5. The number of benzene rings is 2. The molecule has 182 valence electrons. The number of rotatable bonds is 6. The zero-order chi connectivity index (χ0) is 25.1. The lowest BCUT2D eigenvalue weighted by Crippen LogP contribution is -2.59. The number of hydrogen-bond acceptors (Lipinski definition) is 9. The van der Waals surface area contributed by atoms with Gasteiger partial charge >= 0.3 is 17.9 Å². The largest absolute Gasteiger partial charge is 0.485 e. The van der Waals surface area contributed by atoms with E-state index in [2.05, 4.69) is 0 Å². The van der Waals surface area contributed by atoms with Gasteiger partial charge in [0.25, 0.3) is 0 Å². The summed E-state index contributed by atoms with van der Waals surface area (Å²) in [6, 6.07) is 12.0. The molecule has 2 unspecified atom stereocenters. The molecule has 2 N–H and O–H groups in total. The minimum Gasteiger partial charge on any atom is -0.485 e. The molecule has 0 bridgehead atoms. The fourth-order valence-electron chi connectivity index (χ4n) is 3.41. The Balaban J connectivity index is 1.76. The third kappa shape index (κ3) is 5.85. The Hall–Kier alpha value is -3.59. The lowest BCUT2D eigenvalue weighted by atomic mass is 9.91. The first-order chi connectivity index (χ1) is 15.9. The lowest BCUT2D eigenvalue weighted by Gasteiger charge is -2.30. The molecule has 2 atom stereocenters. The van der Waals surface area contributed by atoms with Gasteiger partial charge in [0.1, 0.15) is 18.0 Å². The van der Waals surface area contributed by atoms with Crippen LogP contribution in [0.25, 0.3) is 0 Å². The van der Waals surface area contributed by atoms with E-state index >= 15 is 0 Å². The second-order valence-corrected chi connectivity index (χ2v) is 9.00. The van der Waals surface area contributed by atoms with Gasteiger partial charge in [-0.15, -0.1) is 0 Å². The Bertz CT molecular complexity index is 1070. The molecule has 1 aliphatic rings. The molecule has 3 rings (SSSR count). The van der Waals surface area contributed by atoms with Crippen molar-refractivity contribution in [1.82, 2.24) is 0 Å². The van der Waals surface area contributed by atoms with Gasteiger partial charge in [-0.2, -0.15) is 0 Å². The van der Waals surface area contributed by atoms with Crippen molar-refractivity contribution >= 4 is 17.9 Å². The SMILES string of the molecule is COC(=O)C(N)(Cc1ccc2c(c1)OCC(c1ccc(OC(C)=O)cc1)O2)C(=O)OC(C)(C)C. The summed E-state index contributed by atoms with van der Waals surface area (Å²) in [5, 5.41) is 0. The first kappa shape index (κ1) is 25.0. The van der Waals surface area contributed by atoms with E-state index in [9.17, 15) is 14.4 Å². The zero-order valence-corrected chi connectivity index (χ0v) is 19.9. The van der Waals surface area contributed by atoms with Crippen molar-refractivity contribution in [3.8, 4) is 17.2 Å². The van der Waals surface area contributed by atoms with Gasteiger partial charge in [-0.25, -0.2) is 9.59 Å². The number of methoxy groups -OCH3 is 1. The van der Waals surface area contributed by atoms with Crippen LogP contribution in [0.15, 0.2) is 42.5 Å². The summed E-state index contributed by atoms with van der Waals surface area (Å²) in [7, 11) is 1.16. The van der Waals surface area contributed by atoms with E-state index in [4.69, 9.17) is 29.4 Å². The lowest BCUT2D eigenvalue weighted by molar-refractivity contribution is -0.170. The van der Waals surface area contributed by atoms with E-state index in [-0.39, 0.29) is 19.1 Å². The summed E-state index contributed by atoms with van der Waals surface area (Å²) in [6.45, 7) is 6.64. The molecule has 1 aliphatic heterocycles. The summed E-state index contributed by atoms with van der Waals surface area (Å²) in [5.41, 5.74) is 4.78. The predicted octanol–water partition coefficient (Wildman–Crippen LogP) is 2.88. The summed E-state index contributed by atoms with van der Waals surface area (Å²) < 4.78 is 27.1. The van der Waals surface area contributed by atoms with Crippen molar-refractivity contribution in [1.29, 1.82) is 0 Å². The second-order valence-electron chi connectivity index (χ2n) is 9.00. The molecule has 0 amide bonds. The molecule has 1 heterocycles. The summed E-state index contributed by atoms with van der Waals surface area (Å²) in [6.07, 6.45) is -0.512. The summed E-state index contributed by atoms with van der Waals surface area (Å²) in [5.74, 6) is -0.759. The van der Waals surface area contributed by atoms with Crippen LogP contribution in [-0.4, -0.2) is 42.8 Å². The van der Waals surface area contributed by atoms with Crippen molar-refractivity contribution in [2.45, 2.75) is 51.4 Å². The van der Waals surface area contributed by atoms with Crippen LogP contribution in [0.1, 0.15) is 44.9 Å². The van der Waals surface area contributed by atoms with Gasteiger partial charge in [-0.3, -0.25) is 4.79 Å². The fraction of sp³-hybridized carbons (Fsp3) is 0.400. The molecule has 2 aromatic carbocycles. The molecule has 9 nitrogen and oxygen atoms in total. The van der Waals surface area contributed by atoms with Crippen LogP contribution < -0.4 is 19.9 Å². The van der Waals surface area contributed by atoms with Crippen LogP contribution in [0.4, 0.5) is 0 Å². The maximum atomic E-state index is 12.7. The van der Waals surface area contributed by atoms with E-state index in [0.29, 0.717) is 22.8 Å². The van der Waals surface area contributed by atoms with Gasteiger partial charge in [0.05, 0.1) is 7.11 Å². The van der Waals surface area contributed by atoms with Gasteiger partial charge < -0.3 is 29.4 Å². The summed E-state index contributed by atoms with van der Waals surface area (Å²) in [4.78, 5) is 36.2. The first-order valence-corrected chi connectivity index (χ1v) is 10.7. The van der Waals surface area contributed by atoms with Crippen LogP contribution in [0.2, 0.25) is 0 Å². The molecular weight excluding hydrogens is 442 g/mol. The van der Waals surface area contributed by atoms with E-state index in [0.717, 1.165) is 12.7 Å². The average molecular weight is 472 g/mol. The standard InChI is InChI=1S/C25H29NO8/c1-15(27)32-18-9-7-17(8-10-18)21-14-31-20-12-16(6-11-19(20)33-21)13-25(26,22(28)30-5)23(29)34-24(2,3)4/h6-12,21H,13-14,26H2,1-5H3. The van der Waals surface area contributed by atoms with Crippen LogP contribution >= 0.6 is 0 Å². The van der Waals surface area contributed by atoms with E-state index in [1.807, 2.05) is 0 Å². The Morgan fingerprint density at radius 3 is 2.29 bits per heavy atom. The normalized spacial score (nSPS) is 16.7. The molecule has 2 aromatic rings. The van der Waals surface area contributed by atoms with E-state index < -0.39 is 29.0 Å². The Morgan fingerprint density at radius 2 is 1.71 bits per heavy atom. The smallest absolute Gasteiger partial charge is 0.338 e. The first-order valence-electron chi connectivity index (χ1n) is 10.7. The van der Waals surface area contributed by atoms with Crippen LogP contribution in [0.3, 0.4) is 0 Å². The van der Waals surface area contributed by atoms with Gasteiger partial charge in [-0.05, 0) is 56.2 Å². The molecule has 9 heteroatoms. The van der Waals surface area contributed by atoms with Gasteiger partial charge in [0.2, 0.25) is 5.54 Å². The molecular formula is C25H29NO8. The highest BCUT2D eigenvalue weighted by Gasteiger charge is 2.46. The highest BCUT2D eigenvalue weighted by molar-refractivity contribution is 6.05. The van der Waals surface area contributed by atoms with Crippen molar-refractivity contribution in [2.75, 3.05) is 13.7 Å². The molecule has 0 spiro atoms. The number of fused-ring (bicyclic) bond motifs is 1. The van der Waals surface area contributed by atoms with Crippen molar-refractivity contribution < 1.29 is 38.1 Å². The van der Waals surface area contributed by atoms with Gasteiger partial charge in [-0.1, -0.05) is 18.2 Å². The highest BCUT2D eigenvalue weighted by atomic mass is 16.6. The Labute approximate surface area is 198 Å². The van der Waals surface area contributed by atoms with Crippen molar-refractivity contribution in [3.05, 3.63) is 53.6 Å². The Kier molecular flexibility index (Phi) is 7.16. The highest BCUT2D eigenvalue weighted by Crippen LogP contribution is 2.38. The molecule has 0 aliphatic carbocycles. The fourth-order valence-corrected chi connectivity index (χ4v) is 3.41. The Morgan fingerprint density at radius 1 is 1.03 bits per heavy atom.